The Bertz CT molecular complexity index is 1110. The summed E-state index contributed by atoms with van der Waals surface area (Å²) in [5, 5.41) is 2.97. The molecule has 8 heteroatoms. The zero-order valence-electron chi connectivity index (χ0n) is 16.8. The summed E-state index contributed by atoms with van der Waals surface area (Å²) < 4.78 is 24.6. The number of hydrogen-bond donors (Lipinski definition) is 1. The lowest BCUT2D eigenvalue weighted by atomic mass is 10.2. The molecule has 0 saturated carbocycles. The number of aromatic nitrogens is 2. The van der Waals surface area contributed by atoms with Gasteiger partial charge in [-0.3, -0.25) is 4.79 Å². The van der Waals surface area contributed by atoms with E-state index in [2.05, 4.69) is 10.3 Å². The second kappa shape index (κ2) is 7.78. The van der Waals surface area contributed by atoms with Gasteiger partial charge >= 0.3 is 0 Å². The second-order valence-electron chi connectivity index (χ2n) is 7.34. The van der Waals surface area contributed by atoms with Crippen LogP contribution >= 0.6 is 0 Å². The minimum absolute atomic E-state index is 0.0978. The fourth-order valence-electron chi connectivity index (χ4n) is 3.70. The molecule has 0 aliphatic carbocycles. The quantitative estimate of drug-likeness (QED) is 0.713. The van der Waals surface area contributed by atoms with Gasteiger partial charge in [-0.05, 0) is 24.6 Å². The molecule has 0 radical (unpaired) electrons. The zero-order chi connectivity index (χ0) is 20.5. The van der Waals surface area contributed by atoms with E-state index in [1.165, 1.54) is 0 Å². The summed E-state index contributed by atoms with van der Waals surface area (Å²) in [7, 11) is 0. The van der Waals surface area contributed by atoms with Crippen molar-refractivity contribution >= 4 is 16.9 Å². The van der Waals surface area contributed by atoms with E-state index in [1.807, 2.05) is 41.8 Å². The number of ether oxygens (including phenoxy) is 4. The lowest BCUT2D eigenvalue weighted by Crippen LogP contribution is -2.27. The molecule has 1 N–H and O–H groups in total. The van der Waals surface area contributed by atoms with Crippen molar-refractivity contribution in [2.45, 2.75) is 26.4 Å². The first kappa shape index (κ1) is 18.6. The van der Waals surface area contributed by atoms with Gasteiger partial charge in [0, 0.05) is 25.1 Å². The van der Waals surface area contributed by atoms with Gasteiger partial charge in [0.2, 0.25) is 5.91 Å². The summed E-state index contributed by atoms with van der Waals surface area (Å²) in [5.41, 5.74) is 2.59. The van der Waals surface area contributed by atoms with Crippen LogP contribution in [0.3, 0.4) is 0 Å². The molecular formula is C22H23N3O5. The predicted octanol–water partition coefficient (Wildman–Crippen LogP) is 2.59. The van der Waals surface area contributed by atoms with Crippen LogP contribution < -0.4 is 24.3 Å². The van der Waals surface area contributed by atoms with E-state index >= 15 is 0 Å². The highest BCUT2D eigenvalue weighted by Crippen LogP contribution is 2.34. The minimum Gasteiger partial charge on any atom is -0.490 e. The number of hydrogen-bond acceptors (Lipinski definition) is 6. The lowest BCUT2D eigenvalue weighted by molar-refractivity contribution is -0.121. The molecule has 8 nitrogen and oxygen atoms in total. The van der Waals surface area contributed by atoms with Crippen LogP contribution in [0.4, 0.5) is 0 Å². The fourth-order valence-corrected chi connectivity index (χ4v) is 3.70. The Labute approximate surface area is 173 Å². The third kappa shape index (κ3) is 3.60. The number of rotatable bonds is 4. The molecule has 1 amide bonds. The molecule has 3 aromatic rings. The Morgan fingerprint density at radius 2 is 1.67 bits per heavy atom. The van der Waals surface area contributed by atoms with Crippen LogP contribution in [0.15, 0.2) is 30.3 Å². The van der Waals surface area contributed by atoms with E-state index in [0.29, 0.717) is 44.5 Å². The number of nitrogens with zero attached hydrogens (tertiary/aromatic N) is 2. The summed E-state index contributed by atoms with van der Waals surface area (Å²) >= 11 is 0. The number of carbonyl (C=O) groups is 1. The average molecular weight is 409 g/mol. The van der Waals surface area contributed by atoms with Gasteiger partial charge in [0.05, 0.1) is 24.2 Å². The molecule has 156 valence electrons. The van der Waals surface area contributed by atoms with Crippen LogP contribution in [0.1, 0.15) is 17.8 Å². The van der Waals surface area contributed by atoms with Crippen molar-refractivity contribution in [2.24, 2.45) is 0 Å². The molecule has 0 atom stereocenters. The van der Waals surface area contributed by atoms with E-state index in [4.69, 9.17) is 18.9 Å². The monoisotopic (exact) mass is 409 g/mol. The fraction of sp³-hybridized carbons (Fsp3) is 0.364. The average Bonchev–Trinajstić information content (AvgIpc) is 2.92. The summed E-state index contributed by atoms with van der Waals surface area (Å²) in [5.74, 6) is 3.51. The number of benzene rings is 2. The largest absolute Gasteiger partial charge is 0.490 e. The van der Waals surface area contributed by atoms with Crippen molar-refractivity contribution in [1.82, 2.24) is 14.9 Å². The number of fused-ring (bicyclic) bond motifs is 3. The van der Waals surface area contributed by atoms with Crippen molar-refractivity contribution in [2.75, 3.05) is 26.4 Å². The topological polar surface area (TPSA) is 83.8 Å². The molecule has 2 aromatic carbocycles. The van der Waals surface area contributed by atoms with E-state index in [0.717, 1.165) is 40.3 Å². The first-order valence-corrected chi connectivity index (χ1v) is 10.1. The van der Waals surface area contributed by atoms with E-state index in [1.54, 1.807) is 0 Å². The van der Waals surface area contributed by atoms with Crippen LogP contribution in [0.25, 0.3) is 11.0 Å². The van der Waals surface area contributed by atoms with Gasteiger partial charge in [-0.1, -0.05) is 6.07 Å². The Hall–Kier alpha value is -3.42. The maximum Gasteiger partial charge on any atom is 0.240 e. The van der Waals surface area contributed by atoms with Gasteiger partial charge in [-0.2, -0.15) is 0 Å². The highest BCUT2D eigenvalue weighted by molar-refractivity contribution is 5.83. The number of imidazole rings is 1. The first-order valence-electron chi connectivity index (χ1n) is 10.1. The molecule has 5 rings (SSSR count). The number of nitrogens with one attached hydrogen (secondary N) is 1. The van der Waals surface area contributed by atoms with Crippen LogP contribution in [0, 0.1) is 6.92 Å². The first-order chi connectivity index (χ1) is 14.7. The zero-order valence-corrected chi connectivity index (χ0v) is 16.8. The molecule has 3 heterocycles. The molecule has 2 aliphatic heterocycles. The maximum atomic E-state index is 12.6. The molecule has 0 unspecified atom stereocenters. The van der Waals surface area contributed by atoms with Crippen molar-refractivity contribution in [3.05, 3.63) is 41.7 Å². The molecule has 30 heavy (non-hydrogen) atoms. The lowest BCUT2D eigenvalue weighted by Gasteiger charge is -2.18. The third-order valence-electron chi connectivity index (χ3n) is 5.21. The van der Waals surface area contributed by atoms with Crippen LogP contribution in [-0.4, -0.2) is 41.9 Å². The predicted molar refractivity (Wildman–Crippen MR) is 109 cm³/mol. The molecular weight excluding hydrogens is 386 g/mol. The van der Waals surface area contributed by atoms with Gasteiger partial charge in [-0.15, -0.1) is 0 Å². The normalized spacial score (nSPS) is 15.0. The Balaban J connectivity index is 1.29. The standard InChI is InChI=1S/C22H23N3O5/c1-14-24-16-10-20-21(30-8-7-29-20)11-17(16)25(14)13-22(26)23-12-15-3-4-18-19(9-15)28-6-2-5-27-18/h3-4,9-11H,2,5-8,12-13H2,1H3,(H,23,26). The van der Waals surface area contributed by atoms with Crippen LogP contribution in [-0.2, 0) is 17.9 Å². The van der Waals surface area contributed by atoms with Gasteiger partial charge in [0.15, 0.2) is 23.0 Å². The van der Waals surface area contributed by atoms with E-state index in [-0.39, 0.29) is 12.5 Å². The molecule has 0 spiro atoms. The summed E-state index contributed by atoms with van der Waals surface area (Å²) in [6.07, 6.45) is 0.860. The van der Waals surface area contributed by atoms with Gasteiger partial charge in [0.1, 0.15) is 25.6 Å². The molecule has 0 fully saturated rings. The maximum absolute atomic E-state index is 12.6. The summed E-state index contributed by atoms with van der Waals surface area (Å²) in [6.45, 7) is 4.80. The highest BCUT2D eigenvalue weighted by atomic mass is 16.6. The highest BCUT2D eigenvalue weighted by Gasteiger charge is 2.18. The van der Waals surface area contributed by atoms with Crippen molar-refractivity contribution < 1.29 is 23.7 Å². The molecule has 0 bridgehead atoms. The van der Waals surface area contributed by atoms with Gasteiger partial charge in [-0.25, -0.2) is 4.98 Å². The minimum atomic E-state index is -0.0978. The van der Waals surface area contributed by atoms with Crippen molar-refractivity contribution in [1.29, 1.82) is 0 Å². The second-order valence-corrected chi connectivity index (χ2v) is 7.34. The Morgan fingerprint density at radius 3 is 2.50 bits per heavy atom. The molecule has 2 aliphatic rings. The number of amides is 1. The smallest absolute Gasteiger partial charge is 0.240 e. The Kier molecular flexibility index (Phi) is 4.82. The third-order valence-corrected chi connectivity index (χ3v) is 5.21. The Morgan fingerprint density at radius 1 is 0.967 bits per heavy atom. The van der Waals surface area contributed by atoms with Crippen molar-refractivity contribution in [3.63, 3.8) is 0 Å². The summed E-state index contributed by atoms with van der Waals surface area (Å²) in [6, 6.07) is 9.50. The van der Waals surface area contributed by atoms with E-state index < -0.39 is 0 Å². The molecule has 0 saturated heterocycles. The van der Waals surface area contributed by atoms with Crippen LogP contribution in [0.5, 0.6) is 23.0 Å². The van der Waals surface area contributed by atoms with Crippen molar-refractivity contribution in [3.8, 4) is 23.0 Å². The van der Waals surface area contributed by atoms with E-state index in [9.17, 15) is 4.79 Å². The van der Waals surface area contributed by atoms with Gasteiger partial charge < -0.3 is 28.8 Å². The van der Waals surface area contributed by atoms with Gasteiger partial charge in [0.25, 0.3) is 0 Å². The molecule has 1 aromatic heterocycles. The number of carbonyl (C=O) groups excluding carboxylic acids is 1. The summed E-state index contributed by atoms with van der Waals surface area (Å²) in [4.78, 5) is 17.2. The van der Waals surface area contributed by atoms with Crippen LogP contribution in [0.2, 0.25) is 0 Å². The SMILES string of the molecule is Cc1nc2cc3c(cc2n1CC(=O)NCc1ccc2c(c1)OCCCO2)OCCO3. The number of aryl methyl sites for hydroxylation is 1.